The molecule has 1 rings (SSSR count). The van der Waals surface area contributed by atoms with Gasteiger partial charge < -0.3 is 10.1 Å². The van der Waals surface area contributed by atoms with E-state index in [-0.39, 0.29) is 41.4 Å². The molecule has 0 aliphatic heterocycles. The Bertz CT molecular complexity index is 522. The third-order valence-corrected chi connectivity index (χ3v) is 3.94. The largest absolute Gasteiger partial charge is 0.461 e. The molecule has 9 heteroatoms. The number of nitrogens with one attached hydrogen (secondary N) is 1. The van der Waals surface area contributed by atoms with E-state index >= 15 is 0 Å². The number of hydrogen-bond acceptors (Lipinski definition) is 7. The van der Waals surface area contributed by atoms with Crippen LogP contribution in [0.3, 0.4) is 0 Å². The van der Waals surface area contributed by atoms with Gasteiger partial charge in [-0.1, -0.05) is 6.92 Å². The quantitative estimate of drug-likeness (QED) is 0.807. The van der Waals surface area contributed by atoms with Crippen LogP contribution in [0.15, 0.2) is 0 Å². The summed E-state index contributed by atoms with van der Waals surface area (Å²) in [6, 6.07) is 0.107. The van der Waals surface area contributed by atoms with E-state index < -0.39 is 9.84 Å². The molecule has 0 unspecified atom stereocenters. The molecule has 19 heavy (non-hydrogen) atoms. The van der Waals surface area contributed by atoms with E-state index in [2.05, 4.69) is 20.3 Å². The normalized spacial score (nSPS) is 11.6. The van der Waals surface area contributed by atoms with Crippen LogP contribution in [0.1, 0.15) is 20.8 Å². The Morgan fingerprint density at radius 2 is 2.00 bits per heavy atom. The standard InChI is InChI=1S/C10H17ClN4O3S/c1-4-19(16,17)6-5-12-9-13-8(11)14-10(15-9)18-7(2)3/h7H,4-6H2,1-3H3,(H,12,13,14,15). The number of nitrogens with zero attached hydrogens (tertiary/aromatic N) is 3. The molecule has 0 aliphatic carbocycles. The van der Waals surface area contributed by atoms with E-state index in [0.29, 0.717) is 0 Å². The molecule has 1 aromatic heterocycles. The van der Waals surface area contributed by atoms with E-state index in [1.54, 1.807) is 6.92 Å². The highest BCUT2D eigenvalue weighted by molar-refractivity contribution is 7.91. The zero-order valence-corrected chi connectivity index (χ0v) is 12.6. The van der Waals surface area contributed by atoms with Gasteiger partial charge in [0.1, 0.15) is 0 Å². The molecule has 1 N–H and O–H groups in total. The van der Waals surface area contributed by atoms with Crippen LogP contribution in [0, 0.1) is 0 Å². The molecule has 0 aliphatic rings. The fourth-order valence-electron chi connectivity index (χ4n) is 1.14. The topological polar surface area (TPSA) is 94.1 Å². The Hall–Kier alpha value is -1.15. The fraction of sp³-hybridized carbons (Fsp3) is 0.700. The van der Waals surface area contributed by atoms with Crippen molar-refractivity contribution in [2.45, 2.75) is 26.9 Å². The number of anilines is 1. The molecule has 1 aromatic rings. The van der Waals surface area contributed by atoms with Gasteiger partial charge in [-0.25, -0.2) is 8.42 Å². The second-order valence-electron chi connectivity index (χ2n) is 4.04. The van der Waals surface area contributed by atoms with Gasteiger partial charge in [-0.3, -0.25) is 0 Å². The van der Waals surface area contributed by atoms with E-state index in [4.69, 9.17) is 16.3 Å². The van der Waals surface area contributed by atoms with Crippen LogP contribution >= 0.6 is 11.6 Å². The average molecular weight is 309 g/mol. The second-order valence-corrected chi connectivity index (χ2v) is 6.85. The minimum atomic E-state index is -3.03. The van der Waals surface area contributed by atoms with E-state index in [1.165, 1.54) is 0 Å². The summed E-state index contributed by atoms with van der Waals surface area (Å²) < 4.78 is 27.9. The van der Waals surface area contributed by atoms with Crippen LogP contribution < -0.4 is 10.1 Å². The van der Waals surface area contributed by atoms with Gasteiger partial charge >= 0.3 is 6.01 Å². The predicted molar refractivity (Wildman–Crippen MR) is 73.4 cm³/mol. The molecule has 0 atom stereocenters. The van der Waals surface area contributed by atoms with Gasteiger partial charge in [0.05, 0.1) is 11.9 Å². The highest BCUT2D eigenvalue weighted by atomic mass is 35.5. The maximum absolute atomic E-state index is 11.3. The molecule has 0 spiro atoms. The number of halogens is 1. The van der Waals surface area contributed by atoms with Gasteiger partial charge in [-0.05, 0) is 25.4 Å². The van der Waals surface area contributed by atoms with Crippen molar-refractivity contribution in [2.75, 3.05) is 23.4 Å². The third kappa shape index (κ3) is 6.02. The van der Waals surface area contributed by atoms with Crippen molar-refractivity contribution < 1.29 is 13.2 Å². The number of hydrogen-bond donors (Lipinski definition) is 1. The van der Waals surface area contributed by atoms with Crippen LogP contribution in [0.2, 0.25) is 5.28 Å². The lowest BCUT2D eigenvalue weighted by molar-refractivity contribution is 0.222. The highest BCUT2D eigenvalue weighted by Crippen LogP contribution is 2.12. The first-order valence-corrected chi connectivity index (χ1v) is 8.05. The molecule has 0 radical (unpaired) electrons. The van der Waals surface area contributed by atoms with Crippen molar-refractivity contribution in [3.63, 3.8) is 0 Å². The van der Waals surface area contributed by atoms with Crippen molar-refractivity contribution in [1.82, 2.24) is 15.0 Å². The lowest BCUT2D eigenvalue weighted by Crippen LogP contribution is -2.19. The summed E-state index contributed by atoms with van der Waals surface area (Å²) in [6.07, 6.45) is -0.0909. The van der Waals surface area contributed by atoms with Gasteiger partial charge in [0, 0.05) is 12.3 Å². The minimum Gasteiger partial charge on any atom is -0.461 e. The molecule has 0 aromatic carbocycles. The first-order valence-electron chi connectivity index (χ1n) is 5.85. The Morgan fingerprint density at radius 3 is 2.58 bits per heavy atom. The van der Waals surface area contributed by atoms with Gasteiger partial charge in [-0.15, -0.1) is 0 Å². The summed E-state index contributed by atoms with van der Waals surface area (Å²) in [4.78, 5) is 11.6. The molecular weight excluding hydrogens is 292 g/mol. The molecule has 0 fully saturated rings. The van der Waals surface area contributed by atoms with E-state index in [0.717, 1.165) is 0 Å². The summed E-state index contributed by atoms with van der Waals surface area (Å²) in [7, 11) is -3.03. The summed E-state index contributed by atoms with van der Waals surface area (Å²) >= 11 is 5.73. The summed E-state index contributed by atoms with van der Waals surface area (Å²) in [5.41, 5.74) is 0. The first-order chi connectivity index (χ1) is 8.82. The Morgan fingerprint density at radius 1 is 1.32 bits per heavy atom. The van der Waals surface area contributed by atoms with Crippen molar-refractivity contribution in [1.29, 1.82) is 0 Å². The molecule has 1 heterocycles. The maximum Gasteiger partial charge on any atom is 0.322 e. The molecule has 0 bridgehead atoms. The van der Waals surface area contributed by atoms with Crippen LogP contribution in [0.4, 0.5) is 5.95 Å². The fourth-order valence-corrected chi connectivity index (χ4v) is 1.99. The lowest BCUT2D eigenvalue weighted by atomic mass is 10.5. The van der Waals surface area contributed by atoms with Crippen molar-refractivity contribution in [2.24, 2.45) is 0 Å². The lowest BCUT2D eigenvalue weighted by Gasteiger charge is -2.09. The molecular formula is C10H17ClN4O3S. The number of aromatic nitrogens is 3. The van der Waals surface area contributed by atoms with Crippen LogP contribution in [0.5, 0.6) is 6.01 Å². The predicted octanol–water partition coefficient (Wildman–Crippen LogP) is 1.16. The van der Waals surface area contributed by atoms with E-state index in [1.807, 2.05) is 13.8 Å². The zero-order valence-electron chi connectivity index (χ0n) is 11.1. The molecule has 0 saturated carbocycles. The smallest absolute Gasteiger partial charge is 0.322 e. The molecule has 0 saturated heterocycles. The second kappa shape index (κ2) is 6.85. The van der Waals surface area contributed by atoms with Crippen LogP contribution in [0.25, 0.3) is 0 Å². The van der Waals surface area contributed by atoms with Gasteiger partial charge in [-0.2, -0.15) is 15.0 Å². The number of rotatable bonds is 7. The summed E-state index contributed by atoms with van der Waals surface area (Å²) in [5, 5.41) is 2.78. The molecule has 0 amide bonds. The van der Waals surface area contributed by atoms with Gasteiger partial charge in [0.15, 0.2) is 9.84 Å². The monoisotopic (exact) mass is 308 g/mol. The zero-order chi connectivity index (χ0) is 14.5. The Labute approximate surface area is 117 Å². The highest BCUT2D eigenvalue weighted by Gasteiger charge is 2.10. The average Bonchev–Trinajstić information content (AvgIpc) is 2.27. The minimum absolute atomic E-state index is 0.00712. The van der Waals surface area contributed by atoms with Crippen LogP contribution in [-0.4, -0.2) is 47.5 Å². The molecule has 7 nitrogen and oxygen atoms in total. The number of ether oxygens (including phenoxy) is 1. The van der Waals surface area contributed by atoms with Crippen molar-refractivity contribution in [3.05, 3.63) is 5.28 Å². The van der Waals surface area contributed by atoms with E-state index in [9.17, 15) is 8.42 Å². The van der Waals surface area contributed by atoms with Crippen molar-refractivity contribution in [3.8, 4) is 6.01 Å². The van der Waals surface area contributed by atoms with Gasteiger partial charge in [0.25, 0.3) is 0 Å². The first kappa shape index (κ1) is 15.9. The third-order valence-electron chi connectivity index (χ3n) is 2.06. The molecule has 108 valence electrons. The van der Waals surface area contributed by atoms with Crippen molar-refractivity contribution >= 4 is 27.4 Å². The SMILES string of the molecule is CCS(=O)(=O)CCNc1nc(Cl)nc(OC(C)C)n1. The number of sulfone groups is 1. The maximum atomic E-state index is 11.3. The summed E-state index contributed by atoms with van der Waals surface area (Å²) in [6.45, 7) is 5.47. The van der Waals surface area contributed by atoms with Crippen LogP contribution in [-0.2, 0) is 9.84 Å². The Balaban J connectivity index is 2.66. The van der Waals surface area contributed by atoms with Gasteiger partial charge in [0.2, 0.25) is 11.2 Å². The Kier molecular flexibility index (Phi) is 5.74. The summed E-state index contributed by atoms with van der Waals surface area (Å²) in [5.74, 6) is 0.309.